The summed E-state index contributed by atoms with van der Waals surface area (Å²) in [6, 6.07) is 0. The van der Waals surface area contributed by atoms with Crippen LogP contribution in [0, 0.1) is 17.8 Å². The molecule has 1 heterocycles. The second-order valence-electron chi connectivity index (χ2n) is 7.56. The van der Waals surface area contributed by atoms with E-state index in [0.29, 0.717) is 5.92 Å². The third-order valence-electron chi connectivity index (χ3n) is 6.46. The maximum atomic E-state index is 10.9. The fourth-order valence-corrected chi connectivity index (χ4v) is 5.93. The molecule has 0 aromatic carbocycles. The number of halogens is 1. The number of hydrogen-bond acceptors (Lipinski definition) is 2. The second-order valence-corrected chi connectivity index (χ2v) is 7.56. The zero-order chi connectivity index (χ0) is 12.2. The van der Waals surface area contributed by atoms with Crippen LogP contribution in [0.15, 0.2) is 0 Å². The molecule has 5 fully saturated rings. The molecule has 1 aliphatic heterocycles. The van der Waals surface area contributed by atoms with E-state index in [9.17, 15) is 5.11 Å². The monoisotopic (exact) mass is 285 g/mol. The van der Waals surface area contributed by atoms with Crippen LogP contribution in [0.4, 0.5) is 0 Å². The second kappa shape index (κ2) is 5.20. The summed E-state index contributed by atoms with van der Waals surface area (Å²) in [5, 5.41) is 10.9. The molecule has 3 atom stereocenters. The SMILES string of the molecule is Cl.OC1C2CC3CC(C2)CC1(N1CCCCCC1)C3. The topological polar surface area (TPSA) is 23.5 Å². The lowest BCUT2D eigenvalue weighted by Crippen LogP contribution is -2.68. The fourth-order valence-electron chi connectivity index (χ4n) is 5.93. The van der Waals surface area contributed by atoms with E-state index in [0.717, 1.165) is 11.8 Å². The maximum absolute atomic E-state index is 10.9. The van der Waals surface area contributed by atoms with Gasteiger partial charge in [0.05, 0.1) is 6.10 Å². The van der Waals surface area contributed by atoms with Gasteiger partial charge in [-0.15, -0.1) is 12.4 Å². The minimum absolute atomic E-state index is 0. The molecule has 0 amide bonds. The Morgan fingerprint density at radius 2 is 1.42 bits per heavy atom. The van der Waals surface area contributed by atoms with Crippen LogP contribution in [-0.4, -0.2) is 34.7 Å². The summed E-state index contributed by atoms with van der Waals surface area (Å²) in [6.07, 6.45) is 12.2. The first kappa shape index (κ1) is 14.2. The first-order valence-corrected chi connectivity index (χ1v) is 8.21. The zero-order valence-electron chi connectivity index (χ0n) is 11.9. The largest absolute Gasteiger partial charge is 0.391 e. The summed E-state index contributed by atoms with van der Waals surface area (Å²) in [4.78, 5) is 2.73. The van der Waals surface area contributed by atoms with Gasteiger partial charge in [-0.3, -0.25) is 4.90 Å². The molecular weight excluding hydrogens is 258 g/mol. The van der Waals surface area contributed by atoms with E-state index >= 15 is 0 Å². The molecule has 110 valence electrons. The van der Waals surface area contributed by atoms with Crippen molar-refractivity contribution in [1.82, 2.24) is 4.90 Å². The summed E-state index contributed by atoms with van der Waals surface area (Å²) < 4.78 is 0. The average Bonchev–Trinajstić information content (AvgIpc) is 2.64. The summed E-state index contributed by atoms with van der Waals surface area (Å²) >= 11 is 0. The normalized spacial score (nSPS) is 49.7. The lowest BCUT2D eigenvalue weighted by Gasteiger charge is -2.63. The molecular formula is C16H28ClNO. The van der Waals surface area contributed by atoms with Crippen LogP contribution < -0.4 is 0 Å². The minimum Gasteiger partial charge on any atom is -0.391 e. The predicted molar refractivity (Wildman–Crippen MR) is 79.6 cm³/mol. The van der Waals surface area contributed by atoms with Gasteiger partial charge < -0.3 is 5.11 Å². The van der Waals surface area contributed by atoms with Crippen LogP contribution in [-0.2, 0) is 0 Å². The van der Waals surface area contributed by atoms with Gasteiger partial charge in [0.1, 0.15) is 0 Å². The van der Waals surface area contributed by atoms with Gasteiger partial charge in [0.25, 0.3) is 0 Å². The number of hydrogen-bond donors (Lipinski definition) is 1. The fraction of sp³-hybridized carbons (Fsp3) is 1.00. The highest BCUT2D eigenvalue weighted by Gasteiger charge is 2.58. The Kier molecular flexibility index (Phi) is 3.87. The molecule has 5 aliphatic rings. The van der Waals surface area contributed by atoms with Gasteiger partial charge in [-0.05, 0) is 75.8 Å². The van der Waals surface area contributed by atoms with E-state index in [1.807, 2.05) is 0 Å². The van der Waals surface area contributed by atoms with Crippen molar-refractivity contribution in [1.29, 1.82) is 0 Å². The van der Waals surface area contributed by atoms with Crippen LogP contribution in [0.25, 0.3) is 0 Å². The maximum Gasteiger partial charge on any atom is 0.0752 e. The first-order chi connectivity index (χ1) is 8.78. The van der Waals surface area contributed by atoms with E-state index in [1.165, 1.54) is 70.9 Å². The molecule has 4 saturated carbocycles. The molecule has 1 saturated heterocycles. The van der Waals surface area contributed by atoms with Crippen molar-refractivity contribution in [3.63, 3.8) is 0 Å². The van der Waals surface area contributed by atoms with Crippen molar-refractivity contribution in [2.24, 2.45) is 17.8 Å². The standard InChI is InChI=1S/C16H27NO.ClH/c18-15-14-8-12-7-13(9-14)11-16(15,10-12)17-5-3-1-2-4-6-17;/h12-15,18H,1-11H2;1H. The van der Waals surface area contributed by atoms with Gasteiger partial charge in [0, 0.05) is 5.54 Å². The lowest BCUT2D eigenvalue weighted by atomic mass is 9.51. The third kappa shape index (κ3) is 2.15. The Morgan fingerprint density at radius 1 is 0.842 bits per heavy atom. The Balaban J connectivity index is 0.00000110. The molecule has 0 aromatic rings. The number of nitrogens with zero attached hydrogens (tertiary/aromatic N) is 1. The van der Waals surface area contributed by atoms with Gasteiger partial charge in [0.2, 0.25) is 0 Å². The molecule has 5 rings (SSSR count). The summed E-state index contributed by atoms with van der Waals surface area (Å²) in [7, 11) is 0. The Labute approximate surface area is 123 Å². The van der Waals surface area contributed by atoms with Crippen molar-refractivity contribution in [2.75, 3.05) is 13.1 Å². The van der Waals surface area contributed by atoms with Crippen LogP contribution >= 0.6 is 12.4 Å². The van der Waals surface area contributed by atoms with Gasteiger partial charge in [0.15, 0.2) is 0 Å². The Morgan fingerprint density at radius 3 is 2.00 bits per heavy atom. The minimum atomic E-state index is -0.0107. The van der Waals surface area contributed by atoms with Crippen LogP contribution in [0.1, 0.15) is 57.8 Å². The van der Waals surface area contributed by atoms with Crippen molar-refractivity contribution < 1.29 is 5.11 Å². The van der Waals surface area contributed by atoms with Crippen molar-refractivity contribution in [3.8, 4) is 0 Å². The molecule has 0 spiro atoms. The van der Waals surface area contributed by atoms with Crippen LogP contribution in [0.5, 0.6) is 0 Å². The molecule has 3 unspecified atom stereocenters. The molecule has 2 nitrogen and oxygen atoms in total. The summed E-state index contributed by atoms with van der Waals surface area (Å²) in [6.45, 7) is 2.51. The molecule has 0 radical (unpaired) electrons. The van der Waals surface area contributed by atoms with Crippen molar-refractivity contribution >= 4 is 12.4 Å². The highest BCUT2D eigenvalue weighted by molar-refractivity contribution is 5.85. The lowest BCUT2D eigenvalue weighted by molar-refractivity contribution is -0.172. The third-order valence-corrected chi connectivity index (χ3v) is 6.46. The van der Waals surface area contributed by atoms with E-state index in [2.05, 4.69) is 4.90 Å². The van der Waals surface area contributed by atoms with Gasteiger partial charge in [-0.2, -0.15) is 0 Å². The van der Waals surface area contributed by atoms with E-state index in [4.69, 9.17) is 0 Å². The van der Waals surface area contributed by atoms with Gasteiger partial charge in [-0.1, -0.05) is 12.8 Å². The smallest absolute Gasteiger partial charge is 0.0752 e. The number of aliphatic hydroxyl groups is 1. The molecule has 4 bridgehead atoms. The zero-order valence-corrected chi connectivity index (χ0v) is 12.7. The van der Waals surface area contributed by atoms with Crippen LogP contribution in [0.3, 0.4) is 0 Å². The first-order valence-electron chi connectivity index (χ1n) is 8.21. The van der Waals surface area contributed by atoms with E-state index < -0.39 is 0 Å². The number of likely N-dealkylation sites (tertiary alicyclic amines) is 1. The predicted octanol–water partition coefficient (Wildman–Crippen LogP) is 3.22. The van der Waals surface area contributed by atoms with Crippen molar-refractivity contribution in [3.05, 3.63) is 0 Å². The van der Waals surface area contributed by atoms with Gasteiger partial charge in [-0.25, -0.2) is 0 Å². The average molecular weight is 286 g/mol. The summed E-state index contributed by atoms with van der Waals surface area (Å²) in [5.41, 5.74) is 0.207. The number of aliphatic hydroxyl groups excluding tert-OH is 1. The molecule has 4 aliphatic carbocycles. The van der Waals surface area contributed by atoms with E-state index in [1.54, 1.807) is 0 Å². The van der Waals surface area contributed by atoms with Crippen molar-refractivity contribution in [2.45, 2.75) is 69.4 Å². The van der Waals surface area contributed by atoms with Gasteiger partial charge >= 0.3 is 0 Å². The molecule has 0 aromatic heterocycles. The summed E-state index contributed by atoms with van der Waals surface area (Å²) in [5.74, 6) is 2.52. The Hall–Kier alpha value is 0.210. The highest BCUT2D eigenvalue weighted by atomic mass is 35.5. The number of rotatable bonds is 1. The molecule has 19 heavy (non-hydrogen) atoms. The quantitative estimate of drug-likeness (QED) is 0.800. The molecule has 1 N–H and O–H groups in total. The Bertz CT molecular complexity index is 313. The molecule has 3 heteroatoms. The highest BCUT2D eigenvalue weighted by Crippen LogP contribution is 2.58. The van der Waals surface area contributed by atoms with E-state index in [-0.39, 0.29) is 24.0 Å². The van der Waals surface area contributed by atoms with Crippen LogP contribution in [0.2, 0.25) is 0 Å².